The van der Waals surface area contributed by atoms with Gasteiger partial charge in [-0.05, 0) is 70.4 Å². The molecule has 0 aliphatic heterocycles. The monoisotopic (exact) mass is 392 g/mol. The van der Waals surface area contributed by atoms with Crippen molar-refractivity contribution < 1.29 is 9.53 Å². The molecule has 0 atom stereocenters. The number of hydrogen-bond acceptors (Lipinski definition) is 3. The van der Waals surface area contributed by atoms with E-state index in [1.165, 1.54) is 46.7 Å². The summed E-state index contributed by atoms with van der Waals surface area (Å²) in [7, 11) is 1.45. The number of hydrogen-bond donors (Lipinski definition) is 0. The maximum absolute atomic E-state index is 12.6. The van der Waals surface area contributed by atoms with Gasteiger partial charge in [0.1, 0.15) is 0 Å². The van der Waals surface area contributed by atoms with Crippen LogP contribution in [-0.2, 0) is 15.6 Å². The minimum atomic E-state index is -0.278. The van der Waals surface area contributed by atoms with Crippen LogP contribution in [-0.4, -0.2) is 13.1 Å². The maximum atomic E-state index is 12.6. The summed E-state index contributed by atoms with van der Waals surface area (Å²) in [4.78, 5) is 12.6. The third kappa shape index (κ3) is 2.88. The highest BCUT2D eigenvalue weighted by Gasteiger charge is 2.37. The van der Waals surface area contributed by atoms with Crippen molar-refractivity contribution in [1.29, 1.82) is 0 Å². The second kappa shape index (κ2) is 6.45. The van der Waals surface area contributed by atoms with Crippen molar-refractivity contribution in [2.45, 2.75) is 58.3 Å². The summed E-state index contributed by atoms with van der Waals surface area (Å²) in [6.45, 7) is 11.5. The summed E-state index contributed by atoms with van der Waals surface area (Å²) in [5, 5.41) is 3.33. The summed E-state index contributed by atoms with van der Waals surface area (Å²) in [5.41, 5.74) is 7.11. The minimum Gasteiger partial charge on any atom is -0.465 e. The Morgan fingerprint density at radius 1 is 1.00 bits per heavy atom. The fourth-order valence-electron chi connectivity index (χ4n) is 4.61. The molecule has 1 aromatic heterocycles. The highest BCUT2D eigenvalue weighted by atomic mass is 32.1. The van der Waals surface area contributed by atoms with Crippen molar-refractivity contribution in [1.82, 2.24) is 0 Å². The topological polar surface area (TPSA) is 26.3 Å². The van der Waals surface area contributed by atoms with E-state index in [1.54, 1.807) is 11.3 Å². The van der Waals surface area contributed by atoms with Crippen molar-refractivity contribution in [2.75, 3.05) is 7.11 Å². The minimum absolute atomic E-state index is 0.129. The molecule has 0 N–H and O–H groups in total. The van der Waals surface area contributed by atoms with Gasteiger partial charge in [-0.15, -0.1) is 11.3 Å². The van der Waals surface area contributed by atoms with Gasteiger partial charge >= 0.3 is 5.97 Å². The standard InChI is InChI=1S/C25H28O2S/c1-15-14-28-20-10-8-17(23(26)27-6)22(21(15)20)16-7-9-18-19(13-16)25(4,5)12-11-24(18,2)3/h7-10,13-14H,11-12H2,1-6H3. The van der Waals surface area contributed by atoms with Gasteiger partial charge in [0, 0.05) is 15.6 Å². The van der Waals surface area contributed by atoms with Gasteiger partial charge in [-0.25, -0.2) is 4.79 Å². The molecule has 0 fully saturated rings. The summed E-state index contributed by atoms with van der Waals surface area (Å²) in [6, 6.07) is 10.8. The molecule has 0 spiro atoms. The Labute approximate surface area is 171 Å². The van der Waals surface area contributed by atoms with Crippen LogP contribution in [0.25, 0.3) is 21.2 Å². The quantitative estimate of drug-likeness (QED) is 0.438. The van der Waals surface area contributed by atoms with Crippen LogP contribution < -0.4 is 0 Å². The molecule has 2 nitrogen and oxygen atoms in total. The Bertz CT molecular complexity index is 1090. The van der Waals surface area contributed by atoms with Crippen molar-refractivity contribution >= 4 is 27.4 Å². The van der Waals surface area contributed by atoms with Gasteiger partial charge in [-0.2, -0.15) is 0 Å². The van der Waals surface area contributed by atoms with E-state index in [4.69, 9.17) is 4.74 Å². The highest BCUT2D eigenvalue weighted by molar-refractivity contribution is 7.17. The third-order valence-corrected chi connectivity index (χ3v) is 7.54. The first-order valence-electron chi connectivity index (χ1n) is 9.90. The van der Waals surface area contributed by atoms with Gasteiger partial charge in [0.05, 0.1) is 12.7 Å². The normalized spacial score (nSPS) is 17.4. The van der Waals surface area contributed by atoms with E-state index in [2.05, 4.69) is 58.2 Å². The predicted octanol–water partition coefficient (Wildman–Crippen LogP) is 7.01. The summed E-state index contributed by atoms with van der Waals surface area (Å²) in [6.07, 6.45) is 2.36. The first-order valence-corrected chi connectivity index (χ1v) is 10.8. The molecule has 0 saturated heterocycles. The van der Waals surface area contributed by atoms with E-state index in [0.717, 1.165) is 11.1 Å². The molecule has 146 valence electrons. The van der Waals surface area contributed by atoms with Crippen LogP contribution in [0.1, 0.15) is 67.6 Å². The predicted molar refractivity (Wildman–Crippen MR) is 119 cm³/mol. The van der Waals surface area contributed by atoms with Crippen LogP contribution in [0.3, 0.4) is 0 Å². The highest BCUT2D eigenvalue weighted by Crippen LogP contribution is 2.48. The maximum Gasteiger partial charge on any atom is 0.338 e. The van der Waals surface area contributed by atoms with Crippen LogP contribution in [0.2, 0.25) is 0 Å². The van der Waals surface area contributed by atoms with Gasteiger partial charge in [0.2, 0.25) is 0 Å². The number of carbonyl (C=O) groups excluding carboxylic acids is 1. The lowest BCUT2D eigenvalue weighted by atomic mass is 9.63. The lowest BCUT2D eigenvalue weighted by molar-refractivity contribution is 0.0602. The molecule has 1 heterocycles. The van der Waals surface area contributed by atoms with Gasteiger partial charge in [0.25, 0.3) is 0 Å². The second-order valence-corrected chi connectivity index (χ2v) is 10.2. The molecule has 4 rings (SSSR count). The fraction of sp³-hybridized carbons (Fsp3) is 0.400. The molecular formula is C25H28O2S. The number of esters is 1. The van der Waals surface area contributed by atoms with E-state index >= 15 is 0 Å². The first-order chi connectivity index (χ1) is 13.2. The SMILES string of the molecule is COC(=O)c1ccc2scc(C)c2c1-c1ccc2c(c1)C(C)(C)CCC2(C)C. The number of methoxy groups -OCH3 is 1. The molecule has 2 aromatic carbocycles. The summed E-state index contributed by atoms with van der Waals surface area (Å²) >= 11 is 1.73. The molecule has 28 heavy (non-hydrogen) atoms. The Kier molecular flexibility index (Phi) is 4.42. The average molecular weight is 393 g/mol. The van der Waals surface area contributed by atoms with Crippen molar-refractivity contribution in [3.05, 3.63) is 58.0 Å². The lowest BCUT2D eigenvalue weighted by Crippen LogP contribution is -2.33. The van der Waals surface area contributed by atoms with E-state index in [9.17, 15) is 4.79 Å². The Hall–Kier alpha value is -2.13. The molecule has 3 heteroatoms. The van der Waals surface area contributed by atoms with Crippen LogP contribution >= 0.6 is 11.3 Å². The van der Waals surface area contributed by atoms with Gasteiger partial charge in [-0.1, -0.05) is 45.9 Å². The summed E-state index contributed by atoms with van der Waals surface area (Å²) < 4.78 is 6.32. The number of fused-ring (bicyclic) bond motifs is 2. The number of thiophene rings is 1. The molecule has 1 aliphatic carbocycles. The van der Waals surface area contributed by atoms with Crippen molar-refractivity contribution in [3.8, 4) is 11.1 Å². The Morgan fingerprint density at radius 2 is 1.68 bits per heavy atom. The van der Waals surface area contributed by atoms with Crippen molar-refractivity contribution in [2.24, 2.45) is 0 Å². The van der Waals surface area contributed by atoms with Crippen molar-refractivity contribution in [3.63, 3.8) is 0 Å². The first kappa shape index (κ1) is 19.2. The molecule has 1 aliphatic rings. The molecule has 0 amide bonds. The van der Waals surface area contributed by atoms with E-state index in [0.29, 0.717) is 5.56 Å². The van der Waals surface area contributed by atoms with Crippen LogP contribution in [0.4, 0.5) is 0 Å². The number of ether oxygens (including phenoxy) is 1. The molecular weight excluding hydrogens is 364 g/mol. The fourth-order valence-corrected chi connectivity index (χ4v) is 5.56. The second-order valence-electron chi connectivity index (χ2n) is 9.30. The zero-order valence-corrected chi connectivity index (χ0v) is 18.4. The third-order valence-electron chi connectivity index (χ3n) is 6.47. The average Bonchev–Trinajstić information content (AvgIpc) is 3.05. The Morgan fingerprint density at radius 3 is 2.36 bits per heavy atom. The summed E-state index contributed by atoms with van der Waals surface area (Å²) in [5.74, 6) is -0.278. The van der Waals surface area contributed by atoms with E-state index in [1.807, 2.05) is 12.1 Å². The van der Waals surface area contributed by atoms with E-state index in [-0.39, 0.29) is 16.8 Å². The van der Waals surface area contributed by atoms with Gasteiger partial charge in [-0.3, -0.25) is 0 Å². The van der Waals surface area contributed by atoms with Gasteiger partial charge < -0.3 is 4.74 Å². The van der Waals surface area contributed by atoms with Gasteiger partial charge in [0.15, 0.2) is 0 Å². The Balaban J connectivity index is 2.04. The smallest absolute Gasteiger partial charge is 0.338 e. The van der Waals surface area contributed by atoms with Crippen LogP contribution in [0, 0.1) is 6.92 Å². The molecule has 0 saturated carbocycles. The lowest BCUT2D eigenvalue weighted by Gasteiger charge is -2.42. The zero-order valence-electron chi connectivity index (χ0n) is 17.6. The zero-order chi connectivity index (χ0) is 20.3. The number of carbonyl (C=O) groups is 1. The number of aryl methyl sites for hydroxylation is 1. The number of benzene rings is 2. The largest absolute Gasteiger partial charge is 0.465 e. The van der Waals surface area contributed by atoms with E-state index < -0.39 is 0 Å². The van der Waals surface area contributed by atoms with Crippen LogP contribution in [0.15, 0.2) is 35.7 Å². The molecule has 0 unspecified atom stereocenters. The molecule has 3 aromatic rings. The number of rotatable bonds is 2. The molecule has 0 bridgehead atoms. The molecule has 0 radical (unpaired) electrons. The van der Waals surface area contributed by atoms with Crippen LogP contribution in [0.5, 0.6) is 0 Å².